The van der Waals surface area contributed by atoms with Crippen molar-refractivity contribution >= 4 is 5.91 Å². The van der Waals surface area contributed by atoms with Gasteiger partial charge < -0.3 is 19.4 Å². The summed E-state index contributed by atoms with van der Waals surface area (Å²) in [6, 6.07) is 9.03. The predicted molar refractivity (Wildman–Crippen MR) is 75.5 cm³/mol. The predicted octanol–water partition coefficient (Wildman–Crippen LogP) is -0.197. The van der Waals surface area contributed by atoms with Crippen LogP contribution in [-0.2, 0) is 0 Å². The van der Waals surface area contributed by atoms with Crippen LogP contribution in [0.1, 0.15) is 17.4 Å². The van der Waals surface area contributed by atoms with Crippen LogP contribution in [0.3, 0.4) is 0 Å². The third-order valence-electron chi connectivity index (χ3n) is 3.92. The molecule has 1 saturated heterocycles. The number of amides is 1. The zero-order valence-corrected chi connectivity index (χ0v) is 12.4. The minimum absolute atomic E-state index is 0.0452. The Balaban J connectivity index is 1.86. The number of benzene rings is 1. The van der Waals surface area contributed by atoms with Crippen molar-refractivity contribution in [3.05, 3.63) is 36.0 Å². The molecule has 22 heavy (non-hydrogen) atoms. The number of aromatic nitrogens is 2. The topological polar surface area (TPSA) is 76.5 Å². The third kappa shape index (κ3) is 2.67. The van der Waals surface area contributed by atoms with Crippen LogP contribution in [0.15, 0.2) is 34.9 Å². The van der Waals surface area contributed by atoms with Gasteiger partial charge in [0.1, 0.15) is 0 Å². The summed E-state index contributed by atoms with van der Waals surface area (Å²) in [4.78, 5) is 16.6. The first-order valence-corrected chi connectivity index (χ1v) is 7.36. The number of hydrogen-bond acceptors (Lipinski definition) is 5. The number of para-hydroxylation sites is 1. The summed E-state index contributed by atoms with van der Waals surface area (Å²) < 4.78 is 5.98. The largest absolute Gasteiger partial charge is 0.538 e. The van der Waals surface area contributed by atoms with Crippen LogP contribution in [0.5, 0.6) is 5.95 Å². The number of carbonyl (C=O) groups is 1. The van der Waals surface area contributed by atoms with E-state index in [4.69, 9.17) is 4.52 Å². The van der Waals surface area contributed by atoms with Gasteiger partial charge in [-0.25, -0.2) is 0 Å². The molecule has 7 heteroatoms. The highest BCUT2D eigenvalue weighted by atomic mass is 16.6. The highest BCUT2D eigenvalue weighted by Crippen LogP contribution is 2.14. The minimum Gasteiger partial charge on any atom is -0.538 e. The summed E-state index contributed by atoms with van der Waals surface area (Å²) in [5, 5.41) is 15.6. The lowest BCUT2D eigenvalue weighted by Gasteiger charge is -2.33. The maximum atomic E-state index is 12.7. The van der Waals surface area contributed by atoms with Gasteiger partial charge in [0, 0.05) is 38.3 Å². The summed E-state index contributed by atoms with van der Waals surface area (Å²) in [5.74, 6) is -1.03. The molecule has 0 aliphatic carbocycles. The molecular formula is C15H18N4O3. The summed E-state index contributed by atoms with van der Waals surface area (Å²) in [7, 11) is 0. The van der Waals surface area contributed by atoms with Gasteiger partial charge in [0.25, 0.3) is 0 Å². The van der Waals surface area contributed by atoms with Gasteiger partial charge in [0.05, 0.1) is 5.27 Å². The van der Waals surface area contributed by atoms with Gasteiger partial charge in [-0.2, -0.15) is 0 Å². The van der Waals surface area contributed by atoms with Crippen molar-refractivity contribution in [2.75, 3.05) is 32.7 Å². The maximum Gasteiger partial charge on any atom is 0.327 e. The monoisotopic (exact) mass is 302 g/mol. The van der Waals surface area contributed by atoms with Gasteiger partial charge in [-0.1, -0.05) is 25.1 Å². The second-order valence-electron chi connectivity index (χ2n) is 5.18. The first-order chi connectivity index (χ1) is 10.7. The Hall–Kier alpha value is -2.41. The Morgan fingerprint density at radius 1 is 1.27 bits per heavy atom. The Bertz CT molecular complexity index is 648. The molecule has 1 aromatic carbocycles. The summed E-state index contributed by atoms with van der Waals surface area (Å²) in [6.07, 6.45) is 0. The Morgan fingerprint density at radius 2 is 1.95 bits per heavy atom. The molecule has 0 saturated carbocycles. The van der Waals surface area contributed by atoms with E-state index in [2.05, 4.69) is 17.1 Å². The molecule has 0 bridgehead atoms. The molecule has 1 aliphatic rings. The summed E-state index contributed by atoms with van der Waals surface area (Å²) in [6.45, 7) is 5.89. The SMILES string of the molecule is CCN1CCN(C(=O)c2c([O-])on[n+]2-c2ccccc2)CC1. The molecule has 0 N–H and O–H groups in total. The third-order valence-corrected chi connectivity index (χ3v) is 3.92. The molecule has 0 radical (unpaired) electrons. The van der Waals surface area contributed by atoms with Crippen molar-refractivity contribution in [1.29, 1.82) is 0 Å². The number of carbonyl (C=O) groups excluding carboxylic acids is 1. The fraction of sp³-hybridized carbons (Fsp3) is 0.400. The molecule has 0 spiro atoms. The van der Waals surface area contributed by atoms with E-state index in [1.165, 1.54) is 4.68 Å². The number of hydrogen-bond donors (Lipinski definition) is 0. The lowest BCUT2D eigenvalue weighted by molar-refractivity contribution is -0.672. The van der Waals surface area contributed by atoms with Gasteiger partial charge in [0.15, 0.2) is 5.95 Å². The van der Waals surface area contributed by atoms with Crippen LogP contribution in [-0.4, -0.2) is 53.7 Å². The van der Waals surface area contributed by atoms with Gasteiger partial charge in [-0.05, 0) is 11.2 Å². The van der Waals surface area contributed by atoms with Crippen molar-refractivity contribution in [2.45, 2.75) is 6.92 Å². The van der Waals surface area contributed by atoms with Crippen LogP contribution in [0.25, 0.3) is 5.69 Å². The molecule has 1 aliphatic heterocycles. The van der Waals surface area contributed by atoms with Crippen molar-refractivity contribution < 1.29 is 19.1 Å². The average Bonchev–Trinajstić information content (AvgIpc) is 2.96. The van der Waals surface area contributed by atoms with Crippen LogP contribution in [0.2, 0.25) is 0 Å². The lowest BCUT2D eigenvalue weighted by atomic mass is 10.2. The second-order valence-corrected chi connectivity index (χ2v) is 5.18. The van der Waals surface area contributed by atoms with E-state index in [0.29, 0.717) is 18.8 Å². The molecule has 0 atom stereocenters. The van der Waals surface area contributed by atoms with E-state index in [-0.39, 0.29) is 11.6 Å². The molecule has 116 valence electrons. The number of rotatable bonds is 3. The summed E-state index contributed by atoms with van der Waals surface area (Å²) in [5.41, 5.74) is 0.583. The lowest BCUT2D eigenvalue weighted by Crippen LogP contribution is -2.51. The smallest absolute Gasteiger partial charge is 0.327 e. The zero-order chi connectivity index (χ0) is 15.5. The van der Waals surface area contributed by atoms with Crippen LogP contribution >= 0.6 is 0 Å². The molecule has 2 aromatic rings. The van der Waals surface area contributed by atoms with E-state index < -0.39 is 5.95 Å². The fourth-order valence-electron chi connectivity index (χ4n) is 2.59. The summed E-state index contributed by atoms with van der Waals surface area (Å²) >= 11 is 0. The fourth-order valence-corrected chi connectivity index (χ4v) is 2.59. The van der Waals surface area contributed by atoms with Crippen LogP contribution in [0, 0.1) is 0 Å². The van der Waals surface area contributed by atoms with E-state index in [9.17, 15) is 9.90 Å². The second kappa shape index (κ2) is 6.15. The normalized spacial score (nSPS) is 16.0. The Morgan fingerprint density at radius 3 is 2.59 bits per heavy atom. The van der Waals surface area contributed by atoms with E-state index in [1.54, 1.807) is 17.0 Å². The zero-order valence-electron chi connectivity index (χ0n) is 12.4. The van der Waals surface area contributed by atoms with E-state index >= 15 is 0 Å². The first kappa shape index (κ1) is 14.5. The van der Waals surface area contributed by atoms with Crippen molar-refractivity contribution in [3.8, 4) is 11.6 Å². The van der Waals surface area contributed by atoms with Crippen molar-refractivity contribution in [1.82, 2.24) is 15.1 Å². The van der Waals surface area contributed by atoms with Gasteiger partial charge >= 0.3 is 11.6 Å². The number of likely N-dealkylation sites (N-methyl/N-ethyl adjacent to an activating group) is 1. The van der Waals surface area contributed by atoms with E-state index in [1.807, 2.05) is 18.2 Å². The standard InChI is InChI=1S/C15H18N4O3/c1-2-17-8-10-18(11-9-17)14(20)13-15(21)22-16-19(13)12-6-4-3-5-7-12/h3-7H,2,8-11H2,1H3. The highest BCUT2D eigenvalue weighted by Gasteiger charge is 2.32. The molecule has 0 unspecified atom stereocenters. The molecule has 1 fully saturated rings. The maximum absolute atomic E-state index is 12.7. The molecule has 1 aromatic heterocycles. The van der Waals surface area contributed by atoms with Gasteiger partial charge in [0.2, 0.25) is 5.69 Å². The number of piperazine rings is 1. The number of nitrogens with zero attached hydrogens (tertiary/aromatic N) is 4. The molecule has 1 amide bonds. The quantitative estimate of drug-likeness (QED) is 0.734. The Kier molecular flexibility index (Phi) is 4.06. The highest BCUT2D eigenvalue weighted by molar-refractivity contribution is 5.92. The van der Waals surface area contributed by atoms with Crippen molar-refractivity contribution in [2.24, 2.45) is 0 Å². The van der Waals surface area contributed by atoms with Crippen LogP contribution < -0.4 is 9.79 Å². The molecule has 2 heterocycles. The van der Waals surface area contributed by atoms with Crippen molar-refractivity contribution in [3.63, 3.8) is 0 Å². The molecule has 7 nitrogen and oxygen atoms in total. The molecular weight excluding hydrogens is 284 g/mol. The molecule has 3 rings (SSSR count). The minimum atomic E-state index is -0.702. The van der Waals surface area contributed by atoms with Gasteiger partial charge in [-0.15, -0.1) is 0 Å². The first-order valence-electron chi connectivity index (χ1n) is 7.36. The average molecular weight is 302 g/mol. The van der Waals surface area contributed by atoms with E-state index in [0.717, 1.165) is 19.6 Å². The Labute approximate surface area is 128 Å². The van der Waals surface area contributed by atoms with Gasteiger partial charge in [-0.3, -0.25) is 4.79 Å². The van der Waals surface area contributed by atoms with Crippen LogP contribution in [0.4, 0.5) is 0 Å².